The molecule has 2 rings (SSSR count). The second-order valence-corrected chi connectivity index (χ2v) is 4.06. The van der Waals surface area contributed by atoms with Gasteiger partial charge in [-0.1, -0.05) is 12.1 Å². The van der Waals surface area contributed by atoms with E-state index >= 15 is 0 Å². The zero-order valence-electron chi connectivity index (χ0n) is 10.3. The summed E-state index contributed by atoms with van der Waals surface area (Å²) in [6, 6.07) is 12.1. The van der Waals surface area contributed by atoms with E-state index in [0.717, 1.165) is 12.1 Å². The van der Waals surface area contributed by atoms with Crippen molar-refractivity contribution in [1.82, 2.24) is 0 Å². The molecule has 0 aliphatic heterocycles. The van der Waals surface area contributed by atoms with E-state index in [9.17, 15) is 13.6 Å². The molecular formula is C16H9F2NO. The minimum Gasteiger partial charge on any atom is -0.288 e. The maximum Gasteiger partial charge on any atom is 0.203 e. The summed E-state index contributed by atoms with van der Waals surface area (Å²) >= 11 is 0. The summed E-state index contributed by atoms with van der Waals surface area (Å²) in [4.78, 5) is 12.1. The number of allylic oxidation sites excluding steroid dienone is 1. The molecule has 98 valence electrons. The van der Waals surface area contributed by atoms with E-state index in [0.29, 0.717) is 5.56 Å². The van der Waals surface area contributed by atoms with Gasteiger partial charge in [0.25, 0.3) is 0 Å². The fourth-order valence-electron chi connectivity index (χ4n) is 1.63. The highest BCUT2D eigenvalue weighted by molar-refractivity contribution is 6.13. The lowest BCUT2D eigenvalue weighted by Gasteiger charge is -2.00. The molecule has 2 aromatic carbocycles. The molecular weight excluding hydrogens is 260 g/mol. The largest absolute Gasteiger partial charge is 0.288 e. The van der Waals surface area contributed by atoms with Crippen LogP contribution in [0.4, 0.5) is 8.78 Å². The van der Waals surface area contributed by atoms with Crippen LogP contribution < -0.4 is 0 Å². The van der Waals surface area contributed by atoms with Gasteiger partial charge < -0.3 is 0 Å². The standard InChI is InChI=1S/C16H9F2NO/c17-14-5-1-11(2-6-14)9-13(10-19)16(20)12-3-7-15(18)8-4-12/h1-9H/b13-9+. The van der Waals surface area contributed by atoms with E-state index in [1.165, 1.54) is 42.5 Å². The first-order valence-electron chi connectivity index (χ1n) is 5.78. The molecule has 2 aromatic rings. The summed E-state index contributed by atoms with van der Waals surface area (Å²) in [5.74, 6) is -1.36. The summed E-state index contributed by atoms with van der Waals surface area (Å²) in [6.45, 7) is 0. The SMILES string of the molecule is N#C/C(=C\c1ccc(F)cc1)C(=O)c1ccc(F)cc1. The lowest BCUT2D eigenvalue weighted by atomic mass is 10.0. The monoisotopic (exact) mass is 269 g/mol. The third kappa shape index (κ3) is 3.15. The van der Waals surface area contributed by atoms with Crippen LogP contribution in [0.3, 0.4) is 0 Å². The second kappa shape index (κ2) is 5.89. The van der Waals surface area contributed by atoms with Gasteiger partial charge in [0.1, 0.15) is 23.3 Å². The van der Waals surface area contributed by atoms with Gasteiger partial charge >= 0.3 is 0 Å². The quantitative estimate of drug-likeness (QED) is 0.483. The van der Waals surface area contributed by atoms with Gasteiger partial charge in [-0.05, 0) is 48.0 Å². The van der Waals surface area contributed by atoms with Crippen molar-refractivity contribution in [2.45, 2.75) is 0 Å². The van der Waals surface area contributed by atoms with E-state index < -0.39 is 17.4 Å². The molecule has 20 heavy (non-hydrogen) atoms. The average molecular weight is 269 g/mol. The van der Waals surface area contributed by atoms with Gasteiger partial charge in [0.15, 0.2) is 0 Å². The number of hydrogen-bond donors (Lipinski definition) is 0. The molecule has 0 aliphatic carbocycles. The van der Waals surface area contributed by atoms with Crippen LogP contribution in [-0.2, 0) is 0 Å². The van der Waals surface area contributed by atoms with Crippen LogP contribution in [0.15, 0.2) is 54.1 Å². The molecule has 0 fully saturated rings. The topological polar surface area (TPSA) is 40.9 Å². The number of nitrogens with zero attached hydrogens (tertiary/aromatic N) is 1. The van der Waals surface area contributed by atoms with Crippen LogP contribution in [0.2, 0.25) is 0 Å². The molecule has 0 unspecified atom stereocenters. The number of hydrogen-bond acceptors (Lipinski definition) is 2. The zero-order chi connectivity index (χ0) is 14.5. The van der Waals surface area contributed by atoms with Crippen LogP contribution in [-0.4, -0.2) is 5.78 Å². The van der Waals surface area contributed by atoms with Crippen molar-refractivity contribution < 1.29 is 13.6 Å². The number of nitriles is 1. The third-order valence-corrected chi connectivity index (χ3v) is 2.65. The highest BCUT2D eigenvalue weighted by Crippen LogP contribution is 2.13. The van der Waals surface area contributed by atoms with Crippen molar-refractivity contribution in [2.75, 3.05) is 0 Å². The summed E-state index contributed by atoms with van der Waals surface area (Å²) in [5, 5.41) is 9.04. The molecule has 0 aromatic heterocycles. The number of Topliss-reactive ketones (excluding diaryl/α,β-unsaturated/α-hetero) is 1. The number of carbonyl (C=O) groups excluding carboxylic acids is 1. The maximum atomic E-state index is 12.8. The minimum absolute atomic E-state index is 0.0942. The Morgan fingerprint density at radius 2 is 1.45 bits per heavy atom. The summed E-state index contributed by atoms with van der Waals surface area (Å²) < 4.78 is 25.6. The van der Waals surface area contributed by atoms with Crippen LogP contribution >= 0.6 is 0 Å². The molecule has 0 bridgehead atoms. The Labute approximate surface area is 114 Å². The number of halogens is 2. The van der Waals surface area contributed by atoms with E-state index in [1.54, 1.807) is 6.07 Å². The van der Waals surface area contributed by atoms with Crippen molar-refractivity contribution >= 4 is 11.9 Å². The molecule has 0 radical (unpaired) electrons. The first-order valence-corrected chi connectivity index (χ1v) is 5.78. The predicted octanol–water partition coefficient (Wildman–Crippen LogP) is 3.75. The molecule has 0 spiro atoms. The van der Waals surface area contributed by atoms with Crippen molar-refractivity contribution in [3.05, 3.63) is 76.9 Å². The Bertz CT molecular complexity index is 695. The first-order chi connectivity index (χ1) is 9.60. The average Bonchev–Trinajstić information content (AvgIpc) is 2.47. The molecule has 0 N–H and O–H groups in total. The van der Waals surface area contributed by atoms with Crippen LogP contribution in [0.1, 0.15) is 15.9 Å². The third-order valence-electron chi connectivity index (χ3n) is 2.65. The summed E-state index contributed by atoms with van der Waals surface area (Å²) in [7, 11) is 0. The van der Waals surface area contributed by atoms with Gasteiger partial charge in [0.05, 0.1) is 0 Å². The summed E-state index contributed by atoms with van der Waals surface area (Å²) in [6.07, 6.45) is 1.37. The van der Waals surface area contributed by atoms with Gasteiger partial charge in [-0.2, -0.15) is 5.26 Å². The molecule has 0 saturated carbocycles. The van der Waals surface area contributed by atoms with Crippen LogP contribution in [0.5, 0.6) is 0 Å². The van der Waals surface area contributed by atoms with Gasteiger partial charge in [-0.25, -0.2) is 8.78 Å². The highest BCUT2D eigenvalue weighted by atomic mass is 19.1. The van der Waals surface area contributed by atoms with Gasteiger partial charge in [-0.3, -0.25) is 4.79 Å². The molecule has 0 amide bonds. The number of ketones is 1. The zero-order valence-corrected chi connectivity index (χ0v) is 10.3. The highest BCUT2D eigenvalue weighted by Gasteiger charge is 2.12. The Balaban J connectivity index is 2.32. The first kappa shape index (κ1) is 13.6. The lowest BCUT2D eigenvalue weighted by Crippen LogP contribution is -2.01. The molecule has 0 atom stereocenters. The number of carbonyl (C=O) groups is 1. The molecule has 4 heteroatoms. The molecule has 2 nitrogen and oxygen atoms in total. The van der Waals surface area contributed by atoms with E-state index in [4.69, 9.17) is 5.26 Å². The van der Waals surface area contributed by atoms with Crippen LogP contribution in [0, 0.1) is 23.0 Å². The summed E-state index contributed by atoms with van der Waals surface area (Å²) in [5.41, 5.74) is 0.669. The van der Waals surface area contributed by atoms with Crippen molar-refractivity contribution in [3.8, 4) is 6.07 Å². The number of benzene rings is 2. The van der Waals surface area contributed by atoms with Crippen molar-refractivity contribution in [2.24, 2.45) is 0 Å². The molecule has 0 aliphatic rings. The van der Waals surface area contributed by atoms with Gasteiger partial charge in [0.2, 0.25) is 5.78 Å². The molecule has 0 saturated heterocycles. The van der Waals surface area contributed by atoms with Gasteiger partial charge in [-0.15, -0.1) is 0 Å². The maximum absolute atomic E-state index is 12.8. The fourth-order valence-corrected chi connectivity index (χ4v) is 1.63. The predicted molar refractivity (Wildman–Crippen MR) is 70.7 cm³/mol. The van der Waals surface area contributed by atoms with Crippen molar-refractivity contribution in [3.63, 3.8) is 0 Å². The van der Waals surface area contributed by atoms with Crippen LogP contribution in [0.25, 0.3) is 6.08 Å². The number of rotatable bonds is 3. The second-order valence-electron chi connectivity index (χ2n) is 4.06. The smallest absolute Gasteiger partial charge is 0.203 e. The van der Waals surface area contributed by atoms with Crippen molar-refractivity contribution in [1.29, 1.82) is 5.26 Å². The fraction of sp³-hybridized carbons (Fsp3) is 0. The Hall–Kier alpha value is -2.80. The molecule has 0 heterocycles. The van der Waals surface area contributed by atoms with E-state index in [1.807, 2.05) is 0 Å². The minimum atomic E-state index is -0.503. The lowest BCUT2D eigenvalue weighted by molar-refractivity contribution is 0.104. The van der Waals surface area contributed by atoms with E-state index in [2.05, 4.69) is 0 Å². The Morgan fingerprint density at radius 1 is 0.950 bits per heavy atom. The van der Waals surface area contributed by atoms with E-state index in [-0.39, 0.29) is 11.1 Å². The Kier molecular flexibility index (Phi) is 4.02. The Morgan fingerprint density at radius 3 is 1.95 bits per heavy atom. The van der Waals surface area contributed by atoms with Gasteiger partial charge in [0, 0.05) is 5.56 Å². The normalized spacial score (nSPS) is 10.9.